The van der Waals surface area contributed by atoms with Crippen LogP contribution in [0.25, 0.3) is 0 Å². The van der Waals surface area contributed by atoms with E-state index in [0.717, 1.165) is 25.7 Å². The predicted octanol–water partition coefficient (Wildman–Crippen LogP) is 2.74. The smallest absolute Gasteiger partial charge is 0.236 e. The summed E-state index contributed by atoms with van der Waals surface area (Å²) in [6, 6.07) is 4.72. The van der Waals surface area contributed by atoms with Crippen LogP contribution in [0.3, 0.4) is 0 Å². The molecule has 0 radical (unpaired) electrons. The zero-order valence-corrected chi connectivity index (χ0v) is 20.3. The van der Waals surface area contributed by atoms with E-state index in [4.69, 9.17) is 9.47 Å². The van der Waals surface area contributed by atoms with Gasteiger partial charge >= 0.3 is 0 Å². The van der Waals surface area contributed by atoms with Crippen molar-refractivity contribution in [2.45, 2.75) is 25.0 Å². The first-order valence-electron chi connectivity index (χ1n) is 11.4. The monoisotopic (exact) mass is 514 g/mol. The van der Waals surface area contributed by atoms with Crippen molar-refractivity contribution in [2.24, 2.45) is 0 Å². The minimum atomic E-state index is -0.808. The van der Waals surface area contributed by atoms with Crippen LogP contribution in [0, 0.1) is 17.6 Å². The van der Waals surface area contributed by atoms with Gasteiger partial charge in [-0.25, -0.2) is 13.8 Å². The standard InChI is InChI=1S/C24H29F3N4O3.ClH/c1-33-9-8-30-4-6-31(7-5-30)23(32)14-29-21-13-18(21)19-11-17(25)12-20(26)24(19)34-15-16-2-3-28-22(27)10-16;/h2-3,10-12,18,21,29H,4-9,13-15H2,1H3;1H/t18-,21+;/m0./s1. The number of amides is 1. The van der Waals surface area contributed by atoms with E-state index in [2.05, 4.69) is 15.2 Å². The van der Waals surface area contributed by atoms with Crippen LogP contribution in [0.15, 0.2) is 30.5 Å². The SMILES string of the molecule is COCCN1CCN(C(=O)CN[C@@H]2C[C@H]2c2cc(F)cc(F)c2OCc2ccnc(F)c2)CC1.Cl. The number of pyridine rings is 1. The molecule has 2 atom stereocenters. The lowest BCUT2D eigenvalue weighted by Gasteiger charge is -2.34. The molecule has 4 rings (SSSR count). The number of aromatic nitrogens is 1. The number of methoxy groups -OCH3 is 1. The first kappa shape index (κ1) is 27.2. The molecule has 1 aliphatic carbocycles. The summed E-state index contributed by atoms with van der Waals surface area (Å²) in [7, 11) is 1.67. The van der Waals surface area contributed by atoms with Crippen LogP contribution in [0.1, 0.15) is 23.5 Å². The summed E-state index contributed by atoms with van der Waals surface area (Å²) in [5.41, 5.74) is 0.893. The molecule has 2 fully saturated rings. The van der Waals surface area contributed by atoms with Crippen molar-refractivity contribution in [1.82, 2.24) is 20.1 Å². The van der Waals surface area contributed by atoms with E-state index in [1.807, 2.05) is 4.90 Å². The fraction of sp³-hybridized carbons (Fsp3) is 0.500. The Labute approximate surface area is 209 Å². The van der Waals surface area contributed by atoms with Gasteiger partial charge in [0.2, 0.25) is 11.9 Å². The summed E-state index contributed by atoms with van der Waals surface area (Å²) >= 11 is 0. The van der Waals surface area contributed by atoms with Crippen LogP contribution in [-0.2, 0) is 16.1 Å². The zero-order valence-electron chi connectivity index (χ0n) is 19.5. The van der Waals surface area contributed by atoms with Gasteiger partial charge in [0.15, 0.2) is 11.6 Å². The first-order valence-corrected chi connectivity index (χ1v) is 11.4. The quantitative estimate of drug-likeness (QED) is 0.492. The Morgan fingerprint density at radius 1 is 1.17 bits per heavy atom. The summed E-state index contributed by atoms with van der Waals surface area (Å²) in [4.78, 5) is 20.2. The predicted molar refractivity (Wildman–Crippen MR) is 126 cm³/mol. The molecule has 2 aromatic rings. The Kier molecular flexibility index (Phi) is 9.73. The van der Waals surface area contributed by atoms with E-state index in [1.54, 1.807) is 13.2 Å². The van der Waals surface area contributed by atoms with Crippen molar-refractivity contribution in [2.75, 3.05) is 53.0 Å². The molecule has 2 aliphatic rings. The third kappa shape index (κ3) is 7.30. The number of rotatable bonds is 10. The molecular formula is C24H30ClF3N4O3. The molecule has 2 heterocycles. The minimum absolute atomic E-state index is 0. The summed E-state index contributed by atoms with van der Waals surface area (Å²) in [5, 5.41) is 3.21. The highest BCUT2D eigenvalue weighted by Gasteiger charge is 2.41. The molecule has 192 valence electrons. The van der Waals surface area contributed by atoms with E-state index in [9.17, 15) is 18.0 Å². The fourth-order valence-electron chi connectivity index (χ4n) is 4.23. The van der Waals surface area contributed by atoms with Gasteiger partial charge in [0.25, 0.3) is 0 Å². The molecule has 0 unspecified atom stereocenters. The Morgan fingerprint density at radius 3 is 2.66 bits per heavy atom. The lowest BCUT2D eigenvalue weighted by atomic mass is 10.1. The molecule has 7 nitrogen and oxygen atoms in total. The van der Waals surface area contributed by atoms with Gasteiger partial charge in [-0.15, -0.1) is 12.4 Å². The Bertz CT molecular complexity index is 1010. The molecule has 1 aromatic heterocycles. The number of piperazine rings is 1. The number of nitrogens with zero attached hydrogens (tertiary/aromatic N) is 3. The third-order valence-electron chi connectivity index (χ3n) is 6.25. The van der Waals surface area contributed by atoms with E-state index >= 15 is 0 Å². The van der Waals surface area contributed by atoms with Crippen molar-refractivity contribution < 1.29 is 27.4 Å². The zero-order chi connectivity index (χ0) is 24.1. The molecule has 1 amide bonds. The van der Waals surface area contributed by atoms with Gasteiger partial charge in [-0.3, -0.25) is 9.69 Å². The Morgan fingerprint density at radius 2 is 1.94 bits per heavy atom. The van der Waals surface area contributed by atoms with Crippen LogP contribution in [-0.4, -0.2) is 79.7 Å². The molecule has 1 N–H and O–H groups in total. The van der Waals surface area contributed by atoms with Gasteiger partial charge < -0.3 is 19.7 Å². The van der Waals surface area contributed by atoms with Crippen LogP contribution in [0.4, 0.5) is 13.2 Å². The molecule has 11 heteroatoms. The lowest BCUT2D eigenvalue weighted by molar-refractivity contribution is -0.132. The van der Waals surface area contributed by atoms with Crippen LogP contribution in [0.5, 0.6) is 5.75 Å². The number of carbonyl (C=O) groups is 1. The molecule has 1 saturated carbocycles. The second-order valence-corrected chi connectivity index (χ2v) is 8.63. The third-order valence-corrected chi connectivity index (χ3v) is 6.25. The van der Waals surface area contributed by atoms with Crippen LogP contribution in [0.2, 0.25) is 0 Å². The second kappa shape index (κ2) is 12.5. The summed E-state index contributed by atoms with van der Waals surface area (Å²) in [6.07, 6.45) is 1.94. The maximum atomic E-state index is 14.5. The summed E-state index contributed by atoms with van der Waals surface area (Å²) in [6.45, 7) is 4.58. The van der Waals surface area contributed by atoms with Crippen molar-refractivity contribution in [3.63, 3.8) is 0 Å². The highest BCUT2D eigenvalue weighted by Crippen LogP contribution is 2.46. The average molecular weight is 515 g/mol. The number of halogens is 4. The van der Waals surface area contributed by atoms with Gasteiger partial charge in [-0.05, 0) is 30.2 Å². The lowest BCUT2D eigenvalue weighted by Crippen LogP contribution is -2.51. The van der Waals surface area contributed by atoms with Crippen molar-refractivity contribution in [1.29, 1.82) is 0 Å². The topological polar surface area (TPSA) is 66.9 Å². The molecule has 1 aliphatic heterocycles. The summed E-state index contributed by atoms with van der Waals surface area (Å²) < 4.78 is 52.5. The van der Waals surface area contributed by atoms with Crippen molar-refractivity contribution in [3.05, 3.63) is 59.2 Å². The van der Waals surface area contributed by atoms with Crippen LogP contribution < -0.4 is 10.1 Å². The second-order valence-electron chi connectivity index (χ2n) is 8.63. The molecule has 0 spiro atoms. The number of hydrogen-bond donors (Lipinski definition) is 1. The molecule has 0 bridgehead atoms. The Hall–Kier alpha value is -2.40. The molecule has 35 heavy (non-hydrogen) atoms. The van der Waals surface area contributed by atoms with Crippen molar-refractivity contribution in [3.8, 4) is 5.75 Å². The van der Waals surface area contributed by atoms with Gasteiger partial charge in [0, 0.05) is 69.6 Å². The van der Waals surface area contributed by atoms with E-state index in [1.165, 1.54) is 18.3 Å². The van der Waals surface area contributed by atoms with Gasteiger partial charge in [-0.2, -0.15) is 4.39 Å². The van der Waals surface area contributed by atoms with E-state index < -0.39 is 17.6 Å². The van der Waals surface area contributed by atoms with E-state index in [0.29, 0.717) is 37.2 Å². The van der Waals surface area contributed by atoms with Crippen LogP contribution >= 0.6 is 12.4 Å². The minimum Gasteiger partial charge on any atom is -0.486 e. The van der Waals surface area contributed by atoms with Gasteiger partial charge in [-0.1, -0.05) is 0 Å². The highest BCUT2D eigenvalue weighted by atomic mass is 35.5. The first-order chi connectivity index (χ1) is 16.4. The maximum absolute atomic E-state index is 14.5. The maximum Gasteiger partial charge on any atom is 0.236 e. The highest BCUT2D eigenvalue weighted by molar-refractivity contribution is 5.85. The Balaban J connectivity index is 0.00000342. The van der Waals surface area contributed by atoms with Gasteiger partial charge in [0.1, 0.15) is 12.4 Å². The van der Waals surface area contributed by atoms with Gasteiger partial charge in [0.05, 0.1) is 13.2 Å². The number of ether oxygens (including phenoxy) is 2. The molecule has 1 saturated heterocycles. The van der Waals surface area contributed by atoms with E-state index in [-0.39, 0.29) is 49.2 Å². The summed E-state index contributed by atoms with van der Waals surface area (Å²) in [5.74, 6) is -2.37. The normalized spacial score (nSPS) is 19.8. The number of benzene rings is 1. The average Bonchev–Trinajstić information content (AvgIpc) is 3.60. The molecule has 1 aromatic carbocycles. The molecular weight excluding hydrogens is 485 g/mol. The van der Waals surface area contributed by atoms with Crippen molar-refractivity contribution >= 4 is 18.3 Å². The number of carbonyl (C=O) groups excluding carboxylic acids is 1. The number of hydrogen-bond acceptors (Lipinski definition) is 6. The fourth-order valence-corrected chi connectivity index (χ4v) is 4.23. The largest absolute Gasteiger partial charge is 0.486 e. The number of nitrogens with one attached hydrogen (secondary N) is 1.